The standard InChI is InChI=1S/C18H23N9O2/c19-7-13(28)8-21-18-23-17(15(16(20)29)24-25-18)22-11-4-5-14-10(6-11)9-27(26-14)12-2-1-3-12/h4-6,9,12-13,28H,1-3,7-8,19H2,(H2,20,29)(H2,21,22,23,25). The lowest BCUT2D eigenvalue weighted by atomic mass is 9.93. The van der Waals surface area contributed by atoms with Gasteiger partial charge in [-0.2, -0.15) is 10.1 Å². The molecule has 1 aliphatic carbocycles. The minimum Gasteiger partial charge on any atom is -0.390 e. The summed E-state index contributed by atoms with van der Waals surface area (Å²) in [4.78, 5) is 16.0. The first-order valence-corrected chi connectivity index (χ1v) is 9.46. The van der Waals surface area contributed by atoms with Crippen molar-refractivity contribution >= 4 is 34.3 Å². The van der Waals surface area contributed by atoms with E-state index in [1.165, 1.54) is 6.42 Å². The van der Waals surface area contributed by atoms with Gasteiger partial charge < -0.3 is 27.2 Å². The van der Waals surface area contributed by atoms with E-state index in [0.717, 1.165) is 23.7 Å². The highest BCUT2D eigenvalue weighted by molar-refractivity contribution is 5.96. The molecule has 11 heteroatoms. The monoisotopic (exact) mass is 397 g/mol. The maximum Gasteiger partial charge on any atom is 0.273 e. The quantitative estimate of drug-likeness (QED) is 0.363. The van der Waals surface area contributed by atoms with Crippen LogP contribution in [0, 0.1) is 0 Å². The summed E-state index contributed by atoms with van der Waals surface area (Å²) in [7, 11) is 0. The van der Waals surface area contributed by atoms with Gasteiger partial charge in [0, 0.05) is 30.4 Å². The van der Waals surface area contributed by atoms with E-state index in [1.54, 1.807) is 0 Å². The molecule has 0 spiro atoms. The Morgan fingerprint density at radius 1 is 1.34 bits per heavy atom. The number of primary amides is 1. The minimum atomic E-state index is -0.750. The molecule has 0 aliphatic heterocycles. The molecule has 1 unspecified atom stereocenters. The number of hydrogen-bond acceptors (Lipinski definition) is 9. The molecule has 0 saturated heterocycles. The van der Waals surface area contributed by atoms with Gasteiger partial charge in [-0.05, 0) is 37.5 Å². The Hall–Kier alpha value is -3.31. The largest absolute Gasteiger partial charge is 0.390 e. The first-order chi connectivity index (χ1) is 14.0. The van der Waals surface area contributed by atoms with Crippen LogP contribution in [-0.2, 0) is 0 Å². The maximum atomic E-state index is 11.7. The normalized spacial score (nSPS) is 15.1. The SMILES string of the molecule is NCC(O)CNc1nnc(C(N)=O)c(Nc2ccc3nn(C4CCC4)cc3c2)n1. The van der Waals surface area contributed by atoms with Crippen molar-refractivity contribution in [3.63, 3.8) is 0 Å². The van der Waals surface area contributed by atoms with Gasteiger partial charge in [-0.15, -0.1) is 10.2 Å². The van der Waals surface area contributed by atoms with E-state index in [2.05, 4.69) is 30.9 Å². The van der Waals surface area contributed by atoms with E-state index in [9.17, 15) is 9.90 Å². The molecule has 29 heavy (non-hydrogen) atoms. The molecule has 4 rings (SSSR count). The van der Waals surface area contributed by atoms with Crippen molar-refractivity contribution in [2.45, 2.75) is 31.4 Å². The van der Waals surface area contributed by atoms with E-state index in [1.807, 2.05) is 29.1 Å². The van der Waals surface area contributed by atoms with Crippen LogP contribution in [0.2, 0.25) is 0 Å². The summed E-state index contributed by atoms with van der Waals surface area (Å²) < 4.78 is 2.02. The molecule has 0 bridgehead atoms. The number of hydrogen-bond donors (Lipinski definition) is 5. The lowest BCUT2D eigenvalue weighted by Crippen LogP contribution is -2.28. The van der Waals surface area contributed by atoms with Crippen LogP contribution in [0.5, 0.6) is 0 Å². The first kappa shape index (κ1) is 19.0. The number of nitrogens with zero attached hydrogens (tertiary/aromatic N) is 5. The molecule has 2 aromatic heterocycles. The van der Waals surface area contributed by atoms with Crippen LogP contribution in [0.3, 0.4) is 0 Å². The first-order valence-electron chi connectivity index (χ1n) is 9.46. The number of anilines is 3. The summed E-state index contributed by atoms with van der Waals surface area (Å²) >= 11 is 0. The summed E-state index contributed by atoms with van der Waals surface area (Å²) in [6.45, 7) is 0.249. The van der Waals surface area contributed by atoms with E-state index >= 15 is 0 Å². The fourth-order valence-corrected chi connectivity index (χ4v) is 3.04. The second-order valence-corrected chi connectivity index (χ2v) is 7.06. The van der Waals surface area contributed by atoms with Gasteiger partial charge in [0.15, 0.2) is 11.5 Å². The highest BCUT2D eigenvalue weighted by atomic mass is 16.3. The number of fused-ring (bicyclic) bond motifs is 1. The fourth-order valence-electron chi connectivity index (χ4n) is 3.04. The van der Waals surface area contributed by atoms with Crippen molar-refractivity contribution in [3.05, 3.63) is 30.1 Å². The number of nitrogens with one attached hydrogen (secondary N) is 2. The molecular formula is C18H23N9O2. The highest BCUT2D eigenvalue weighted by Crippen LogP contribution is 2.32. The third kappa shape index (κ3) is 4.10. The van der Waals surface area contributed by atoms with Crippen molar-refractivity contribution in [1.82, 2.24) is 25.0 Å². The Labute approximate surface area is 166 Å². The van der Waals surface area contributed by atoms with E-state index in [-0.39, 0.29) is 30.5 Å². The molecule has 1 aromatic carbocycles. The molecule has 11 nitrogen and oxygen atoms in total. The van der Waals surface area contributed by atoms with Crippen molar-refractivity contribution in [1.29, 1.82) is 0 Å². The Morgan fingerprint density at radius 3 is 2.86 bits per heavy atom. The molecule has 1 amide bonds. The van der Waals surface area contributed by atoms with Gasteiger partial charge in [-0.3, -0.25) is 9.48 Å². The number of aliphatic hydroxyl groups excluding tert-OH is 1. The van der Waals surface area contributed by atoms with Crippen LogP contribution in [0.15, 0.2) is 24.4 Å². The van der Waals surface area contributed by atoms with Gasteiger partial charge in [0.1, 0.15) is 0 Å². The van der Waals surface area contributed by atoms with Gasteiger partial charge in [-0.25, -0.2) is 0 Å². The average molecular weight is 397 g/mol. The van der Waals surface area contributed by atoms with Crippen LogP contribution in [0.25, 0.3) is 10.9 Å². The van der Waals surface area contributed by atoms with Crippen molar-refractivity contribution in [2.75, 3.05) is 23.7 Å². The van der Waals surface area contributed by atoms with E-state index in [0.29, 0.717) is 11.7 Å². The lowest BCUT2D eigenvalue weighted by Gasteiger charge is -2.25. The third-order valence-electron chi connectivity index (χ3n) is 4.92. The molecule has 1 fully saturated rings. The molecular weight excluding hydrogens is 374 g/mol. The molecule has 3 aromatic rings. The van der Waals surface area contributed by atoms with Crippen LogP contribution >= 0.6 is 0 Å². The molecule has 1 atom stereocenters. The van der Waals surface area contributed by atoms with Gasteiger partial charge in [0.2, 0.25) is 5.95 Å². The Kier molecular flexibility index (Phi) is 5.23. The Morgan fingerprint density at radius 2 is 2.17 bits per heavy atom. The predicted octanol–water partition coefficient (Wildman–Crippen LogP) is 0.520. The second kappa shape index (κ2) is 7.97. The number of aromatic nitrogens is 5. The molecule has 1 aliphatic rings. The zero-order chi connectivity index (χ0) is 20.4. The summed E-state index contributed by atoms with van der Waals surface area (Å²) in [6.07, 6.45) is 4.83. The number of nitrogens with two attached hydrogens (primary N) is 2. The summed E-state index contributed by atoms with van der Waals surface area (Å²) in [5.41, 5.74) is 12.3. The highest BCUT2D eigenvalue weighted by Gasteiger charge is 2.20. The maximum absolute atomic E-state index is 11.7. The van der Waals surface area contributed by atoms with Gasteiger partial charge >= 0.3 is 0 Å². The smallest absolute Gasteiger partial charge is 0.273 e. The molecule has 152 valence electrons. The van der Waals surface area contributed by atoms with Gasteiger partial charge in [0.25, 0.3) is 5.91 Å². The molecule has 2 heterocycles. The van der Waals surface area contributed by atoms with E-state index in [4.69, 9.17) is 11.5 Å². The molecule has 7 N–H and O–H groups in total. The number of carbonyl (C=O) groups is 1. The number of aliphatic hydroxyl groups is 1. The van der Waals surface area contributed by atoms with E-state index < -0.39 is 12.0 Å². The van der Waals surface area contributed by atoms with Crippen LogP contribution in [0.1, 0.15) is 35.8 Å². The zero-order valence-electron chi connectivity index (χ0n) is 15.7. The van der Waals surface area contributed by atoms with Crippen molar-refractivity contribution in [2.24, 2.45) is 11.5 Å². The Balaban J connectivity index is 1.58. The summed E-state index contributed by atoms with van der Waals surface area (Å²) in [5.74, 6) is -0.438. The van der Waals surface area contributed by atoms with Crippen molar-refractivity contribution in [3.8, 4) is 0 Å². The minimum absolute atomic E-state index is 0.0832. The third-order valence-corrected chi connectivity index (χ3v) is 4.92. The number of carbonyl (C=O) groups excluding carboxylic acids is 1. The lowest BCUT2D eigenvalue weighted by molar-refractivity contribution is 0.0995. The van der Waals surface area contributed by atoms with Crippen LogP contribution < -0.4 is 22.1 Å². The molecule has 0 radical (unpaired) electrons. The van der Waals surface area contributed by atoms with Crippen LogP contribution in [-0.4, -0.2) is 55.2 Å². The summed E-state index contributed by atoms with van der Waals surface area (Å²) in [6, 6.07) is 6.15. The predicted molar refractivity (Wildman–Crippen MR) is 108 cm³/mol. The molecule has 1 saturated carbocycles. The number of rotatable bonds is 8. The second-order valence-electron chi connectivity index (χ2n) is 7.06. The average Bonchev–Trinajstić information content (AvgIpc) is 3.07. The van der Waals surface area contributed by atoms with Gasteiger partial charge in [-0.1, -0.05) is 0 Å². The fraction of sp³-hybridized carbons (Fsp3) is 0.389. The number of amides is 1. The van der Waals surface area contributed by atoms with Crippen LogP contribution in [0.4, 0.5) is 17.5 Å². The topological polar surface area (TPSA) is 170 Å². The van der Waals surface area contributed by atoms with Crippen molar-refractivity contribution < 1.29 is 9.90 Å². The summed E-state index contributed by atoms with van der Waals surface area (Å²) in [5, 5.41) is 28.7. The Bertz CT molecular complexity index is 1030. The number of benzene rings is 1. The zero-order valence-corrected chi connectivity index (χ0v) is 15.7. The van der Waals surface area contributed by atoms with Gasteiger partial charge in [0.05, 0.1) is 17.7 Å².